The van der Waals surface area contributed by atoms with Crippen molar-refractivity contribution >= 4 is 32.6 Å². The van der Waals surface area contributed by atoms with Crippen LogP contribution in [0.1, 0.15) is 27.2 Å². The number of nitrogens with zero attached hydrogens (tertiary/aromatic N) is 4. The molecule has 0 radical (unpaired) electrons. The first-order valence-electron chi connectivity index (χ1n) is 8.74. The molecule has 2 aromatic carbocycles. The minimum atomic E-state index is -0.0906. The third kappa shape index (κ3) is 3.36. The Morgan fingerprint density at radius 1 is 1.15 bits per heavy atom. The summed E-state index contributed by atoms with van der Waals surface area (Å²) in [6.45, 7) is 4.43. The van der Waals surface area contributed by atoms with Crippen LogP contribution in [-0.2, 0) is 13.6 Å². The highest BCUT2D eigenvalue weighted by molar-refractivity contribution is 7.22. The van der Waals surface area contributed by atoms with E-state index in [1.54, 1.807) is 34.2 Å². The maximum absolute atomic E-state index is 13.4. The molecule has 0 saturated heterocycles. The summed E-state index contributed by atoms with van der Waals surface area (Å²) in [5.41, 5.74) is 4.59. The van der Waals surface area contributed by atoms with Gasteiger partial charge < -0.3 is 0 Å². The lowest BCUT2D eigenvalue weighted by atomic mass is 10.2. The summed E-state index contributed by atoms with van der Waals surface area (Å²) in [5, 5.41) is 4.93. The smallest absolute Gasteiger partial charge is 0.278 e. The van der Waals surface area contributed by atoms with Gasteiger partial charge in [-0.2, -0.15) is 5.10 Å². The number of benzene rings is 2. The van der Waals surface area contributed by atoms with Crippen LogP contribution >= 0.6 is 11.3 Å². The molecule has 5 nitrogen and oxygen atoms in total. The molecule has 0 aliphatic rings. The molecule has 1 amide bonds. The summed E-state index contributed by atoms with van der Waals surface area (Å²) in [6.07, 6.45) is 1.72. The first kappa shape index (κ1) is 17.4. The number of fused-ring (bicyclic) bond motifs is 1. The van der Waals surface area contributed by atoms with Gasteiger partial charge in [0.05, 0.1) is 23.0 Å². The Kier molecular flexibility index (Phi) is 4.49. The SMILES string of the molecule is Cc1ccc2nc(N(Cc3ccccc3)C(=O)c3c(C)cnn3C)sc2c1. The maximum Gasteiger partial charge on any atom is 0.278 e. The van der Waals surface area contributed by atoms with E-state index in [2.05, 4.69) is 18.1 Å². The topological polar surface area (TPSA) is 51.0 Å². The first-order chi connectivity index (χ1) is 13.0. The van der Waals surface area contributed by atoms with E-state index in [1.165, 1.54) is 5.56 Å². The minimum absolute atomic E-state index is 0.0906. The van der Waals surface area contributed by atoms with Gasteiger partial charge in [0, 0.05) is 7.05 Å². The highest BCUT2D eigenvalue weighted by atomic mass is 32.1. The molecule has 0 aliphatic heterocycles. The van der Waals surface area contributed by atoms with Crippen LogP contribution in [0.4, 0.5) is 5.13 Å². The number of thiazole rings is 1. The van der Waals surface area contributed by atoms with E-state index in [-0.39, 0.29) is 5.91 Å². The second-order valence-electron chi connectivity index (χ2n) is 6.64. The molecule has 0 bridgehead atoms. The second kappa shape index (κ2) is 6.96. The zero-order chi connectivity index (χ0) is 19.0. The predicted molar refractivity (Wildman–Crippen MR) is 109 cm³/mol. The molecule has 136 valence electrons. The number of amides is 1. The Morgan fingerprint density at radius 3 is 2.63 bits per heavy atom. The standard InChI is InChI=1S/C21H20N4OS/c1-14-9-10-17-18(11-14)27-21(23-17)25(13-16-7-5-4-6-8-16)20(26)19-15(2)12-22-24(19)3/h4-12H,13H2,1-3H3. The molecule has 0 unspecified atom stereocenters. The number of hydrogen-bond acceptors (Lipinski definition) is 4. The van der Waals surface area contributed by atoms with Gasteiger partial charge in [-0.1, -0.05) is 47.7 Å². The van der Waals surface area contributed by atoms with E-state index in [1.807, 2.05) is 49.4 Å². The van der Waals surface area contributed by atoms with Crippen molar-refractivity contribution in [3.05, 3.63) is 77.1 Å². The van der Waals surface area contributed by atoms with Crippen molar-refractivity contribution in [3.8, 4) is 0 Å². The van der Waals surface area contributed by atoms with Crippen LogP contribution in [0.2, 0.25) is 0 Å². The highest BCUT2D eigenvalue weighted by Gasteiger charge is 2.25. The van der Waals surface area contributed by atoms with Crippen LogP contribution in [-0.4, -0.2) is 20.7 Å². The minimum Gasteiger partial charge on any atom is -0.278 e. The van der Waals surface area contributed by atoms with Crippen LogP contribution in [0, 0.1) is 13.8 Å². The third-order valence-electron chi connectivity index (χ3n) is 4.52. The lowest BCUT2D eigenvalue weighted by Gasteiger charge is -2.20. The van der Waals surface area contributed by atoms with Gasteiger partial charge in [-0.05, 0) is 42.7 Å². The molecule has 2 heterocycles. The van der Waals surface area contributed by atoms with Gasteiger partial charge >= 0.3 is 0 Å². The molecule has 0 fully saturated rings. The summed E-state index contributed by atoms with van der Waals surface area (Å²) in [4.78, 5) is 19.9. The van der Waals surface area contributed by atoms with Crippen molar-refractivity contribution in [1.82, 2.24) is 14.8 Å². The molecular weight excluding hydrogens is 356 g/mol. The zero-order valence-electron chi connectivity index (χ0n) is 15.5. The molecule has 0 N–H and O–H groups in total. The van der Waals surface area contributed by atoms with Crippen LogP contribution in [0.15, 0.2) is 54.7 Å². The van der Waals surface area contributed by atoms with Gasteiger partial charge in [0.25, 0.3) is 5.91 Å². The van der Waals surface area contributed by atoms with Gasteiger partial charge in [0.1, 0.15) is 5.69 Å². The van der Waals surface area contributed by atoms with E-state index in [0.29, 0.717) is 17.4 Å². The number of carbonyl (C=O) groups excluding carboxylic acids is 1. The van der Waals surface area contributed by atoms with E-state index in [0.717, 1.165) is 21.3 Å². The van der Waals surface area contributed by atoms with Crippen LogP contribution in [0.3, 0.4) is 0 Å². The molecule has 2 aromatic heterocycles. The summed E-state index contributed by atoms with van der Waals surface area (Å²) in [5.74, 6) is -0.0906. The Hall–Kier alpha value is -2.99. The zero-order valence-corrected chi connectivity index (χ0v) is 16.3. The van der Waals surface area contributed by atoms with Crippen LogP contribution in [0.5, 0.6) is 0 Å². The summed E-state index contributed by atoms with van der Waals surface area (Å²) < 4.78 is 2.71. The van der Waals surface area contributed by atoms with E-state index in [9.17, 15) is 4.79 Å². The fourth-order valence-electron chi connectivity index (χ4n) is 3.11. The summed E-state index contributed by atoms with van der Waals surface area (Å²) in [6, 6.07) is 16.1. The molecule has 4 aromatic rings. The molecule has 0 saturated carbocycles. The first-order valence-corrected chi connectivity index (χ1v) is 9.56. The monoisotopic (exact) mass is 376 g/mol. The Labute approximate surface area is 161 Å². The van der Waals surface area contributed by atoms with Gasteiger partial charge in [-0.15, -0.1) is 0 Å². The highest BCUT2D eigenvalue weighted by Crippen LogP contribution is 2.31. The second-order valence-corrected chi connectivity index (χ2v) is 7.65. The van der Waals surface area contributed by atoms with E-state index < -0.39 is 0 Å². The third-order valence-corrected chi connectivity index (χ3v) is 5.56. The van der Waals surface area contributed by atoms with Crippen molar-refractivity contribution in [3.63, 3.8) is 0 Å². The number of aryl methyl sites for hydroxylation is 3. The Morgan fingerprint density at radius 2 is 1.93 bits per heavy atom. The lowest BCUT2D eigenvalue weighted by Crippen LogP contribution is -2.32. The Balaban J connectivity index is 1.80. The van der Waals surface area contributed by atoms with Gasteiger partial charge in [-0.25, -0.2) is 4.98 Å². The van der Waals surface area contributed by atoms with Gasteiger partial charge in [0.2, 0.25) is 0 Å². The van der Waals surface area contributed by atoms with Gasteiger partial charge in [-0.3, -0.25) is 14.4 Å². The number of carbonyl (C=O) groups is 1. The molecule has 0 atom stereocenters. The normalized spacial score (nSPS) is 11.1. The average Bonchev–Trinajstić information content (AvgIpc) is 3.22. The molecule has 0 aliphatic carbocycles. The summed E-state index contributed by atoms with van der Waals surface area (Å²) in [7, 11) is 1.79. The largest absolute Gasteiger partial charge is 0.278 e. The number of aromatic nitrogens is 3. The van der Waals surface area contributed by atoms with Crippen molar-refractivity contribution in [2.45, 2.75) is 20.4 Å². The lowest BCUT2D eigenvalue weighted by molar-refractivity contribution is 0.0975. The molecule has 0 spiro atoms. The average molecular weight is 376 g/mol. The van der Waals surface area contributed by atoms with E-state index in [4.69, 9.17) is 4.98 Å². The van der Waals surface area contributed by atoms with Crippen molar-refractivity contribution < 1.29 is 4.79 Å². The molecule has 4 rings (SSSR count). The van der Waals surface area contributed by atoms with Crippen LogP contribution < -0.4 is 4.90 Å². The van der Waals surface area contributed by atoms with Crippen LogP contribution in [0.25, 0.3) is 10.2 Å². The fraction of sp³-hybridized carbons (Fsp3) is 0.190. The van der Waals surface area contributed by atoms with Crippen molar-refractivity contribution in [1.29, 1.82) is 0 Å². The number of hydrogen-bond donors (Lipinski definition) is 0. The summed E-state index contributed by atoms with van der Waals surface area (Å²) >= 11 is 1.54. The van der Waals surface area contributed by atoms with Gasteiger partial charge in [0.15, 0.2) is 5.13 Å². The van der Waals surface area contributed by atoms with Crippen molar-refractivity contribution in [2.75, 3.05) is 4.90 Å². The van der Waals surface area contributed by atoms with E-state index >= 15 is 0 Å². The molecule has 27 heavy (non-hydrogen) atoms. The molecular formula is C21H20N4OS. The maximum atomic E-state index is 13.4. The quantitative estimate of drug-likeness (QED) is 0.527. The Bertz CT molecular complexity index is 1090. The molecule has 6 heteroatoms. The fourth-order valence-corrected chi connectivity index (χ4v) is 4.17. The van der Waals surface area contributed by atoms with Crippen molar-refractivity contribution in [2.24, 2.45) is 7.05 Å². The predicted octanol–water partition coefficient (Wildman–Crippen LogP) is 4.49. The number of anilines is 1. The number of rotatable bonds is 4.